The second-order valence-electron chi connectivity index (χ2n) is 5.97. The normalized spacial score (nSPS) is 11.7. The largest absolute Gasteiger partial charge is 0.486 e. The lowest BCUT2D eigenvalue weighted by Gasteiger charge is -2.09. The van der Waals surface area contributed by atoms with E-state index in [0.717, 1.165) is 23.4 Å². The van der Waals surface area contributed by atoms with Gasteiger partial charge in [-0.25, -0.2) is 5.43 Å². The summed E-state index contributed by atoms with van der Waals surface area (Å²) in [4.78, 5) is 13.1. The summed E-state index contributed by atoms with van der Waals surface area (Å²) in [6.07, 6.45) is -2.24. The third-order valence-corrected chi connectivity index (χ3v) is 4.93. The number of nitrogens with zero attached hydrogens (tertiary/aromatic N) is 1. The molecule has 1 aromatic carbocycles. The van der Waals surface area contributed by atoms with Gasteiger partial charge < -0.3 is 9.15 Å². The number of hydrazone groups is 1. The Morgan fingerprint density at radius 2 is 2.10 bits per heavy atom. The maximum Gasteiger partial charge on any atom is 0.416 e. The number of benzene rings is 1. The number of hydrogen-bond acceptors (Lipinski definition) is 5. The van der Waals surface area contributed by atoms with Gasteiger partial charge in [0.05, 0.1) is 17.3 Å². The molecule has 152 valence electrons. The van der Waals surface area contributed by atoms with E-state index in [4.69, 9.17) is 9.15 Å². The molecule has 0 aliphatic rings. The van der Waals surface area contributed by atoms with Crippen LogP contribution in [0.5, 0.6) is 5.75 Å². The standard InChI is InChI=1S/C20H17F3N2O3S/c1-2-18-8-13(12-29-18)19(26)25-24-10-16-6-7-17(28-16)11-27-15-5-3-4-14(9-15)20(21,22)23/h3-10,12H,2,11H2,1H3,(H,25,26)/b24-10+. The van der Waals surface area contributed by atoms with Crippen molar-refractivity contribution in [3.8, 4) is 5.75 Å². The molecule has 9 heteroatoms. The molecule has 3 aromatic rings. The van der Waals surface area contributed by atoms with E-state index in [1.807, 2.05) is 13.0 Å². The molecule has 0 saturated heterocycles. The highest BCUT2D eigenvalue weighted by atomic mass is 32.1. The highest BCUT2D eigenvalue weighted by molar-refractivity contribution is 7.10. The molecule has 0 spiro atoms. The molecule has 0 atom stereocenters. The van der Waals surface area contributed by atoms with E-state index in [-0.39, 0.29) is 18.3 Å². The molecule has 0 saturated carbocycles. The molecular formula is C20H17F3N2O3S. The Hall–Kier alpha value is -3.07. The molecule has 3 rings (SSSR count). The molecule has 1 amide bonds. The van der Waals surface area contributed by atoms with Crippen LogP contribution in [0.1, 0.15) is 39.2 Å². The molecule has 0 fully saturated rings. The fourth-order valence-corrected chi connectivity index (χ4v) is 3.18. The summed E-state index contributed by atoms with van der Waals surface area (Å²) < 4.78 is 49.0. The number of amides is 1. The van der Waals surface area contributed by atoms with Crippen molar-refractivity contribution in [3.63, 3.8) is 0 Å². The lowest BCUT2D eigenvalue weighted by molar-refractivity contribution is -0.137. The van der Waals surface area contributed by atoms with E-state index in [2.05, 4.69) is 10.5 Å². The molecule has 0 bridgehead atoms. The van der Waals surface area contributed by atoms with E-state index in [1.165, 1.54) is 29.7 Å². The van der Waals surface area contributed by atoms with Crippen molar-refractivity contribution in [2.75, 3.05) is 0 Å². The monoisotopic (exact) mass is 422 g/mol. The number of carbonyl (C=O) groups excluding carboxylic acids is 1. The van der Waals surface area contributed by atoms with Crippen LogP contribution in [0.3, 0.4) is 0 Å². The number of thiophene rings is 1. The van der Waals surface area contributed by atoms with Gasteiger partial charge in [-0.05, 0) is 42.8 Å². The van der Waals surface area contributed by atoms with Crippen molar-refractivity contribution >= 4 is 23.5 Å². The Bertz CT molecular complexity index is 1010. The van der Waals surface area contributed by atoms with E-state index < -0.39 is 11.7 Å². The van der Waals surface area contributed by atoms with Gasteiger partial charge in [-0.2, -0.15) is 18.3 Å². The number of alkyl halides is 3. The third kappa shape index (κ3) is 5.71. The van der Waals surface area contributed by atoms with Gasteiger partial charge in [0.2, 0.25) is 0 Å². The van der Waals surface area contributed by atoms with Crippen LogP contribution in [-0.4, -0.2) is 12.1 Å². The first-order valence-corrected chi connectivity index (χ1v) is 9.52. The highest BCUT2D eigenvalue weighted by Crippen LogP contribution is 2.31. The summed E-state index contributed by atoms with van der Waals surface area (Å²) in [7, 11) is 0. The number of furan rings is 1. The second kappa shape index (κ2) is 8.95. The van der Waals surface area contributed by atoms with Crippen LogP contribution in [0.2, 0.25) is 0 Å². The zero-order chi connectivity index (χ0) is 20.9. The first-order valence-electron chi connectivity index (χ1n) is 8.64. The third-order valence-electron chi connectivity index (χ3n) is 3.85. The van der Waals surface area contributed by atoms with Gasteiger partial charge in [0.15, 0.2) is 0 Å². The second-order valence-corrected chi connectivity index (χ2v) is 6.97. The summed E-state index contributed by atoms with van der Waals surface area (Å²) in [6, 6.07) is 9.65. The van der Waals surface area contributed by atoms with Crippen LogP contribution in [-0.2, 0) is 19.2 Å². The Morgan fingerprint density at radius 1 is 1.28 bits per heavy atom. The lowest BCUT2D eigenvalue weighted by Crippen LogP contribution is -2.16. The average Bonchev–Trinajstić information content (AvgIpc) is 3.35. The smallest absolute Gasteiger partial charge is 0.416 e. The van der Waals surface area contributed by atoms with Crippen LogP contribution in [0.25, 0.3) is 0 Å². The van der Waals surface area contributed by atoms with Gasteiger partial charge in [-0.3, -0.25) is 4.79 Å². The maximum atomic E-state index is 12.7. The summed E-state index contributed by atoms with van der Waals surface area (Å²) in [5, 5.41) is 5.61. The Balaban J connectivity index is 1.53. The van der Waals surface area contributed by atoms with Crippen molar-refractivity contribution < 1.29 is 27.1 Å². The van der Waals surface area contributed by atoms with Gasteiger partial charge in [-0.15, -0.1) is 11.3 Å². The minimum absolute atomic E-state index is 0.0454. The van der Waals surface area contributed by atoms with Crippen LogP contribution in [0.4, 0.5) is 13.2 Å². The van der Waals surface area contributed by atoms with Crippen molar-refractivity contribution in [1.82, 2.24) is 5.43 Å². The maximum absolute atomic E-state index is 12.7. The minimum atomic E-state index is -4.43. The summed E-state index contributed by atoms with van der Waals surface area (Å²) in [5.74, 6) is 0.533. The molecule has 29 heavy (non-hydrogen) atoms. The summed E-state index contributed by atoms with van der Waals surface area (Å²) >= 11 is 1.51. The van der Waals surface area contributed by atoms with Crippen molar-refractivity contribution in [2.45, 2.75) is 26.1 Å². The van der Waals surface area contributed by atoms with E-state index >= 15 is 0 Å². The van der Waals surface area contributed by atoms with Gasteiger partial charge in [0, 0.05) is 10.3 Å². The number of halogens is 3. The Morgan fingerprint density at radius 3 is 2.83 bits per heavy atom. The Labute approximate surface area is 168 Å². The first-order chi connectivity index (χ1) is 13.8. The lowest BCUT2D eigenvalue weighted by atomic mass is 10.2. The van der Waals surface area contributed by atoms with Crippen molar-refractivity contribution in [2.24, 2.45) is 5.10 Å². The number of rotatable bonds is 7. The van der Waals surface area contributed by atoms with E-state index in [1.54, 1.807) is 17.5 Å². The molecule has 2 heterocycles. The van der Waals surface area contributed by atoms with Gasteiger partial charge >= 0.3 is 6.18 Å². The molecular weight excluding hydrogens is 405 g/mol. The number of hydrogen-bond donors (Lipinski definition) is 1. The first kappa shape index (κ1) is 20.7. The van der Waals surface area contributed by atoms with Crippen molar-refractivity contribution in [3.05, 3.63) is 75.4 Å². The predicted octanol–water partition coefficient (Wildman–Crippen LogP) is 5.27. The topological polar surface area (TPSA) is 63.8 Å². The number of ether oxygens (including phenoxy) is 1. The molecule has 0 aliphatic heterocycles. The van der Waals surface area contributed by atoms with Crippen LogP contribution in [0, 0.1) is 0 Å². The van der Waals surface area contributed by atoms with Gasteiger partial charge in [-0.1, -0.05) is 13.0 Å². The van der Waals surface area contributed by atoms with E-state index in [9.17, 15) is 18.0 Å². The summed E-state index contributed by atoms with van der Waals surface area (Å²) in [6.45, 7) is 1.97. The fraction of sp³-hybridized carbons (Fsp3) is 0.200. The zero-order valence-electron chi connectivity index (χ0n) is 15.3. The van der Waals surface area contributed by atoms with E-state index in [0.29, 0.717) is 17.1 Å². The molecule has 0 aliphatic carbocycles. The fourth-order valence-electron chi connectivity index (χ4n) is 2.36. The number of nitrogens with one attached hydrogen (secondary N) is 1. The average molecular weight is 422 g/mol. The Kier molecular flexibility index (Phi) is 6.38. The molecule has 5 nitrogen and oxygen atoms in total. The van der Waals surface area contributed by atoms with Gasteiger partial charge in [0.25, 0.3) is 5.91 Å². The predicted molar refractivity (Wildman–Crippen MR) is 103 cm³/mol. The SMILES string of the molecule is CCc1cc(C(=O)N/N=C/c2ccc(COc3cccc(C(F)(F)F)c3)o2)cs1. The number of carbonyl (C=O) groups is 1. The van der Waals surface area contributed by atoms with Crippen LogP contribution < -0.4 is 10.2 Å². The minimum Gasteiger partial charge on any atom is -0.486 e. The zero-order valence-corrected chi connectivity index (χ0v) is 16.1. The number of aryl methyl sites for hydroxylation is 1. The van der Waals surface area contributed by atoms with Crippen LogP contribution in [0.15, 0.2) is 57.4 Å². The van der Waals surface area contributed by atoms with Crippen molar-refractivity contribution in [1.29, 1.82) is 0 Å². The molecule has 0 radical (unpaired) electrons. The van der Waals surface area contributed by atoms with Gasteiger partial charge in [0.1, 0.15) is 23.9 Å². The summed E-state index contributed by atoms with van der Waals surface area (Å²) in [5.41, 5.74) is 2.17. The molecule has 0 unspecified atom stereocenters. The quantitative estimate of drug-likeness (QED) is 0.417. The molecule has 2 aromatic heterocycles. The van der Waals surface area contributed by atoms with Crippen LogP contribution >= 0.6 is 11.3 Å². The molecule has 1 N–H and O–H groups in total. The highest BCUT2D eigenvalue weighted by Gasteiger charge is 2.30.